The number of sulfone groups is 1. The van der Waals surface area contributed by atoms with E-state index in [4.69, 9.17) is 5.73 Å². The highest BCUT2D eigenvalue weighted by Gasteiger charge is 2.17. The Hall–Kier alpha value is -0.0900. The minimum atomic E-state index is -2.82. The molecule has 0 amide bonds. The van der Waals surface area contributed by atoms with Crippen molar-refractivity contribution >= 4 is 9.84 Å². The van der Waals surface area contributed by atoms with Gasteiger partial charge in [-0.1, -0.05) is 13.3 Å². The molecule has 0 rings (SSSR count). The van der Waals surface area contributed by atoms with Crippen LogP contribution < -0.4 is 5.73 Å². The zero-order chi connectivity index (χ0) is 10.5. The van der Waals surface area contributed by atoms with Crippen molar-refractivity contribution in [3.8, 4) is 0 Å². The monoisotopic (exact) mass is 207 g/mol. The molecular weight excluding hydrogens is 186 g/mol. The molecule has 1 unspecified atom stereocenters. The highest BCUT2D eigenvalue weighted by atomic mass is 32.2. The number of hydrogen-bond acceptors (Lipinski definition) is 3. The summed E-state index contributed by atoms with van der Waals surface area (Å²) < 4.78 is 21.7. The molecule has 0 bridgehead atoms. The Bertz CT molecular complexity index is 232. The first-order valence-electron chi connectivity index (χ1n) is 4.73. The van der Waals surface area contributed by atoms with Gasteiger partial charge in [-0.05, 0) is 26.2 Å². The Morgan fingerprint density at radius 3 is 2.23 bits per heavy atom. The van der Waals surface area contributed by atoms with E-state index in [0.717, 1.165) is 19.3 Å². The van der Waals surface area contributed by atoms with E-state index in [1.165, 1.54) is 6.26 Å². The van der Waals surface area contributed by atoms with Gasteiger partial charge in [-0.25, -0.2) is 8.42 Å². The third-order valence-electron chi connectivity index (χ3n) is 2.08. The fourth-order valence-electron chi connectivity index (χ4n) is 1.43. The maximum Gasteiger partial charge on any atom is 0.147 e. The van der Waals surface area contributed by atoms with E-state index in [-0.39, 0.29) is 11.3 Å². The molecule has 0 spiro atoms. The molecule has 4 heteroatoms. The molecule has 0 aromatic heterocycles. The molecule has 0 aliphatic carbocycles. The van der Waals surface area contributed by atoms with Crippen molar-refractivity contribution in [1.29, 1.82) is 0 Å². The second-order valence-corrected chi connectivity index (χ2v) is 6.40. The minimum absolute atomic E-state index is 0.195. The van der Waals surface area contributed by atoms with Gasteiger partial charge in [-0.2, -0.15) is 0 Å². The van der Waals surface area contributed by atoms with Crippen molar-refractivity contribution in [3.63, 3.8) is 0 Å². The lowest BCUT2D eigenvalue weighted by atomic mass is 9.92. The summed E-state index contributed by atoms with van der Waals surface area (Å²) in [5.74, 6) is 0.253. The maximum absolute atomic E-state index is 10.8. The summed E-state index contributed by atoms with van der Waals surface area (Å²) in [6.07, 6.45) is 4.73. The van der Waals surface area contributed by atoms with Gasteiger partial charge >= 0.3 is 0 Å². The third-order valence-corrected chi connectivity index (χ3v) is 3.11. The van der Waals surface area contributed by atoms with E-state index in [0.29, 0.717) is 6.42 Å². The van der Waals surface area contributed by atoms with Gasteiger partial charge in [-0.15, -0.1) is 0 Å². The third kappa shape index (κ3) is 8.25. The van der Waals surface area contributed by atoms with Gasteiger partial charge in [0.15, 0.2) is 0 Å². The van der Waals surface area contributed by atoms with Crippen LogP contribution in [0.3, 0.4) is 0 Å². The SMILES string of the molecule is CCCC(C)(N)CCCS(C)(=O)=O. The van der Waals surface area contributed by atoms with E-state index in [1.54, 1.807) is 0 Å². The second kappa shape index (κ2) is 4.96. The summed E-state index contributed by atoms with van der Waals surface area (Å²) in [6, 6.07) is 0. The molecule has 13 heavy (non-hydrogen) atoms. The normalized spacial score (nSPS) is 16.9. The Balaban J connectivity index is 3.76. The number of nitrogens with two attached hydrogens (primary N) is 1. The van der Waals surface area contributed by atoms with Crippen molar-refractivity contribution in [2.75, 3.05) is 12.0 Å². The number of hydrogen-bond donors (Lipinski definition) is 1. The predicted octanol–water partition coefficient (Wildman–Crippen LogP) is 1.33. The van der Waals surface area contributed by atoms with Crippen LogP contribution in [0.2, 0.25) is 0 Å². The smallest absolute Gasteiger partial charge is 0.147 e. The van der Waals surface area contributed by atoms with Crippen LogP contribution >= 0.6 is 0 Å². The van der Waals surface area contributed by atoms with E-state index >= 15 is 0 Å². The fraction of sp³-hybridized carbons (Fsp3) is 1.00. The first-order valence-corrected chi connectivity index (χ1v) is 6.79. The van der Waals surface area contributed by atoms with Crippen molar-refractivity contribution in [1.82, 2.24) is 0 Å². The zero-order valence-corrected chi connectivity index (χ0v) is 9.65. The van der Waals surface area contributed by atoms with Gasteiger partial charge in [0.25, 0.3) is 0 Å². The van der Waals surface area contributed by atoms with Crippen molar-refractivity contribution in [2.45, 2.75) is 45.1 Å². The zero-order valence-electron chi connectivity index (χ0n) is 8.84. The molecule has 3 nitrogen and oxygen atoms in total. The first-order chi connectivity index (χ1) is 5.77. The Morgan fingerprint density at radius 1 is 1.31 bits per heavy atom. The minimum Gasteiger partial charge on any atom is -0.325 e. The highest BCUT2D eigenvalue weighted by molar-refractivity contribution is 7.90. The van der Waals surface area contributed by atoms with Gasteiger partial charge < -0.3 is 5.73 Å². The summed E-state index contributed by atoms with van der Waals surface area (Å²) in [5.41, 5.74) is 5.77. The van der Waals surface area contributed by atoms with E-state index in [2.05, 4.69) is 6.92 Å². The molecule has 80 valence electrons. The van der Waals surface area contributed by atoms with Crippen LogP contribution in [0.4, 0.5) is 0 Å². The van der Waals surface area contributed by atoms with Crippen molar-refractivity contribution in [2.24, 2.45) is 5.73 Å². The van der Waals surface area contributed by atoms with Gasteiger partial charge in [0.2, 0.25) is 0 Å². The Morgan fingerprint density at radius 2 is 1.85 bits per heavy atom. The molecule has 0 radical (unpaired) electrons. The van der Waals surface area contributed by atoms with Gasteiger partial charge in [0, 0.05) is 17.5 Å². The summed E-state index contributed by atoms with van der Waals surface area (Å²) in [6.45, 7) is 4.07. The lowest BCUT2D eigenvalue weighted by Crippen LogP contribution is -2.36. The van der Waals surface area contributed by atoms with E-state index < -0.39 is 9.84 Å². The highest BCUT2D eigenvalue weighted by Crippen LogP contribution is 2.15. The largest absolute Gasteiger partial charge is 0.325 e. The molecule has 0 fully saturated rings. The fourth-order valence-corrected chi connectivity index (χ4v) is 2.10. The average molecular weight is 207 g/mol. The molecule has 0 saturated carbocycles. The maximum atomic E-state index is 10.8. The van der Waals surface area contributed by atoms with Crippen LogP contribution in [0.1, 0.15) is 39.5 Å². The van der Waals surface area contributed by atoms with Crippen LogP contribution in [0.15, 0.2) is 0 Å². The van der Waals surface area contributed by atoms with Crippen LogP contribution in [0, 0.1) is 0 Å². The first kappa shape index (κ1) is 12.9. The summed E-state index contributed by atoms with van der Waals surface area (Å²) >= 11 is 0. The standard InChI is InChI=1S/C9H21NO2S/c1-4-6-9(2,10)7-5-8-13(3,11)12/h4-8,10H2,1-3H3. The van der Waals surface area contributed by atoms with Gasteiger partial charge in [0.1, 0.15) is 9.84 Å². The van der Waals surface area contributed by atoms with Crippen molar-refractivity contribution in [3.05, 3.63) is 0 Å². The summed E-state index contributed by atoms with van der Waals surface area (Å²) in [4.78, 5) is 0. The van der Waals surface area contributed by atoms with Crippen LogP contribution in [0.25, 0.3) is 0 Å². The number of rotatable bonds is 6. The van der Waals surface area contributed by atoms with Crippen molar-refractivity contribution < 1.29 is 8.42 Å². The summed E-state index contributed by atoms with van der Waals surface area (Å²) in [7, 11) is -2.82. The molecular formula is C9H21NO2S. The predicted molar refractivity (Wildman–Crippen MR) is 56.4 cm³/mol. The average Bonchev–Trinajstić information content (AvgIpc) is 1.82. The Labute approximate surface area is 81.6 Å². The second-order valence-electron chi connectivity index (χ2n) is 4.14. The lowest BCUT2D eigenvalue weighted by Gasteiger charge is -2.23. The van der Waals surface area contributed by atoms with Crippen LogP contribution in [0.5, 0.6) is 0 Å². The van der Waals surface area contributed by atoms with E-state index in [1.807, 2.05) is 6.92 Å². The topological polar surface area (TPSA) is 60.2 Å². The Kier molecular flexibility index (Phi) is 4.92. The molecule has 2 N–H and O–H groups in total. The quantitative estimate of drug-likeness (QED) is 0.714. The van der Waals surface area contributed by atoms with Crippen LogP contribution in [-0.2, 0) is 9.84 Å². The molecule has 0 aromatic carbocycles. The van der Waals surface area contributed by atoms with Crippen LogP contribution in [-0.4, -0.2) is 26.0 Å². The lowest BCUT2D eigenvalue weighted by molar-refractivity contribution is 0.393. The summed E-state index contributed by atoms with van der Waals surface area (Å²) in [5, 5.41) is 0. The molecule has 0 aromatic rings. The molecule has 0 heterocycles. The van der Waals surface area contributed by atoms with Gasteiger partial charge in [-0.3, -0.25) is 0 Å². The molecule has 0 aliphatic rings. The molecule has 0 saturated heterocycles. The van der Waals surface area contributed by atoms with E-state index in [9.17, 15) is 8.42 Å². The molecule has 0 aliphatic heterocycles. The molecule has 1 atom stereocenters. The van der Waals surface area contributed by atoms with Gasteiger partial charge in [0.05, 0.1) is 0 Å².